The second-order valence-corrected chi connectivity index (χ2v) is 4.65. The van der Waals surface area contributed by atoms with Gasteiger partial charge in [-0.3, -0.25) is 10.3 Å². The van der Waals surface area contributed by atoms with E-state index in [0.717, 1.165) is 5.69 Å². The van der Waals surface area contributed by atoms with Gasteiger partial charge >= 0.3 is 0 Å². The van der Waals surface area contributed by atoms with E-state index in [0.29, 0.717) is 10.7 Å². The third-order valence-corrected chi connectivity index (χ3v) is 3.35. The first kappa shape index (κ1) is 12.1. The van der Waals surface area contributed by atoms with Crippen LogP contribution in [-0.2, 0) is 5.85 Å². The molecule has 1 fully saturated rings. The summed E-state index contributed by atoms with van der Waals surface area (Å²) in [6.07, 6.45) is 0. The Morgan fingerprint density at radius 1 is 0.947 bits per heavy atom. The minimum Gasteiger partial charge on any atom is -0.353 e. The summed E-state index contributed by atoms with van der Waals surface area (Å²) in [5.41, 5.74) is 7.18. The van der Waals surface area contributed by atoms with E-state index in [2.05, 4.69) is 10.9 Å². The molecule has 0 radical (unpaired) electrons. The Kier molecular flexibility index (Phi) is 2.94. The van der Waals surface area contributed by atoms with Crippen LogP contribution in [0.2, 0.25) is 0 Å². The van der Waals surface area contributed by atoms with Crippen LogP contribution in [0.3, 0.4) is 0 Å². The fourth-order valence-corrected chi connectivity index (χ4v) is 2.44. The van der Waals surface area contributed by atoms with Gasteiger partial charge in [0.1, 0.15) is 0 Å². The molecule has 1 saturated heterocycles. The number of hydrogen-bond acceptors (Lipinski definition) is 3. The Hall–Kier alpha value is -1.95. The number of nitrogens with zero attached hydrogens (tertiary/aromatic N) is 1. The largest absolute Gasteiger partial charge is 0.353 e. The maximum absolute atomic E-state index is 10.9. The van der Waals surface area contributed by atoms with Gasteiger partial charge in [-0.1, -0.05) is 48.5 Å². The second-order valence-electron chi connectivity index (χ2n) is 4.26. The predicted molar refractivity (Wildman–Crippen MR) is 78.1 cm³/mol. The van der Waals surface area contributed by atoms with Crippen LogP contribution >= 0.6 is 12.2 Å². The van der Waals surface area contributed by atoms with Crippen molar-refractivity contribution in [2.45, 2.75) is 5.85 Å². The van der Waals surface area contributed by atoms with Crippen molar-refractivity contribution in [1.29, 1.82) is 0 Å². The van der Waals surface area contributed by atoms with Crippen LogP contribution < -0.4 is 15.8 Å². The van der Waals surface area contributed by atoms with Crippen molar-refractivity contribution in [3.8, 4) is 0 Å². The van der Waals surface area contributed by atoms with Gasteiger partial charge in [0.25, 0.3) is 0 Å². The summed E-state index contributed by atoms with van der Waals surface area (Å²) in [5.74, 6) is -1.39. The van der Waals surface area contributed by atoms with E-state index in [1.165, 1.54) is 0 Å². The highest BCUT2D eigenvalue weighted by atomic mass is 32.1. The number of rotatable bonds is 2. The quantitative estimate of drug-likeness (QED) is 0.726. The summed E-state index contributed by atoms with van der Waals surface area (Å²) in [4.78, 5) is 1.65. The van der Waals surface area contributed by atoms with Crippen LogP contribution in [0.5, 0.6) is 0 Å². The number of aliphatic hydroxyl groups is 1. The maximum Gasteiger partial charge on any atom is 0.246 e. The van der Waals surface area contributed by atoms with E-state index in [1.807, 2.05) is 60.7 Å². The highest BCUT2D eigenvalue weighted by Crippen LogP contribution is 2.31. The van der Waals surface area contributed by atoms with Crippen molar-refractivity contribution < 1.29 is 5.11 Å². The Bertz CT molecular complexity index is 590. The van der Waals surface area contributed by atoms with E-state index in [9.17, 15) is 5.11 Å². The Morgan fingerprint density at radius 3 is 2.16 bits per heavy atom. The van der Waals surface area contributed by atoms with Crippen LogP contribution in [-0.4, -0.2) is 10.2 Å². The summed E-state index contributed by atoms with van der Waals surface area (Å²) in [6.45, 7) is 0. The molecule has 1 atom stereocenters. The van der Waals surface area contributed by atoms with Gasteiger partial charge in [0.2, 0.25) is 5.85 Å². The van der Waals surface area contributed by atoms with Crippen LogP contribution in [0.15, 0.2) is 60.7 Å². The van der Waals surface area contributed by atoms with Crippen molar-refractivity contribution in [1.82, 2.24) is 10.9 Å². The lowest BCUT2D eigenvalue weighted by molar-refractivity contribution is 0.0188. The average Bonchev–Trinajstić information content (AvgIpc) is 2.78. The van der Waals surface area contributed by atoms with Gasteiger partial charge in [-0.05, 0) is 24.4 Å². The van der Waals surface area contributed by atoms with E-state index < -0.39 is 5.85 Å². The van der Waals surface area contributed by atoms with Crippen LogP contribution in [0.1, 0.15) is 5.56 Å². The van der Waals surface area contributed by atoms with E-state index >= 15 is 0 Å². The Morgan fingerprint density at radius 2 is 1.53 bits per heavy atom. The van der Waals surface area contributed by atoms with Crippen molar-refractivity contribution in [2.75, 3.05) is 4.90 Å². The number of hydrogen-bond donors (Lipinski definition) is 3. The Labute approximate surface area is 116 Å². The molecule has 0 amide bonds. The molecule has 2 aromatic rings. The van der Waals surface area contributed by atoms with E-state index in [-0.39, 0.29) is 0 Å². The molecule has 1 heterocycles. The highest BCUT2D eigenvalue weighted by molar-refractivity contribution is 7.80. The fourth-order valence-electron chi connectivity index (χ4n) is 2.15. The van der Waals surface area contributed by atoms with Crippen LogP contribution in [0, 0.1) is 0 Å². The molecule has 3 N–H and O–H groups in total. The molecule has 4 nitrogen and oxygen atoms in total. The summed E-state index contributed by atoms with van der Waals surface area (Å²) in [7, 11) is 0. The van der Waals surface area contributed by atoms with Crippen LogP contribution in [0.25, 0.3) is 0 Å². The number of anilines is 1. The van der Waals surface area contributed by atoms with Gasteiger partial charge in [0, 0.05) is 11.3 Å². The van der Waals surface area contributed by atoms with Gasteiger partial charge in [-0.15, -0.1) is 0 Å². The highest BCUT2D eigenvalue weighted by Gasteiger charge is 2.44. The molecule has 5 heteroatoms. The molecule has 1 aliphatic rings. The molecular weight excluding hydrogens is 258 g/mol. The average molecular weight is 271 g/mol. The third-order valence-electron chi connectivity index (χ3n) is 3.06. The summed E-state index contributed by atoms with van der Waals surface area (Å²) in [6, 6.07) is 18.9. The molecule has 1 aliphatic heterocycles. The lowest BCUT2D eigenvalue weighted by Crippen LogP contribution is -2.50. The summed E-state index contributed by atoms with van der Waals surface area (Å²) < 4.78 is 0. The smallest absolute Gasteiger partial charge is 0.246 e. The number of para-hydroxylation sites is 1. The molecule has 19 heavy (non-hydrogen) atoms. The van der Waals surface area contributed by atoms with Gasteiger partial charge in [-0.25, -0.2) is 0 Å². The Balaban J connectivity index is 2.08. The molecule has 0 saturated carbocycles. The van der Waals surface area contributed by atoms with Gasteiger partial charge in [0.15, 0.2) is 5.11 Å². The minimum atomic E-state index is -1.39. The van der Waals surface area contributed by atoms with E-state index in [1.54, 1.807) is 4.90 Å². The third kappa shape index (κ3) is 1.98. The zero-order valence-electron chi connectivity index (χ0n) is 10.1. The molecule has 96 valence electrons. The number of thiocarbonyl (C=S) groups is 1. The normalized spacial score (nSPS) is 22.4. The molecule has 0 unspecified atom stereocenters. The lowest BCUT2D eigenvalue weighted by Gasteiger charge is -2.32. The number of nitrogens with one attached hydrogen (secondary N) is 2. The lowest BCUT2D eigenvalue weighted by atomic mass is 10.1. The van der Waals surface area contributed by atoms with E-state index in [4.69, 9.17) is 12.2 Å². The fraction of sp³-hybridized carbons (Fsp3) is 0.0714. The minimum absolute atomic E-state index is 0.428. The molecule has 0 bridgehead atoms. The van der Waals surface area contributed by atoms with Crippen molar-refractivity contribution >= 4 is 23.0 Å². The standard InChI is InChI=1S/C14H13N3OS/c18-14(11-7-3-1-4-8-11)16-15-13(19)17(14)12-9-5-2-6-10-12/h1-10,16,18H,(H,15,19)/t14-/m0/s1. The SMILES string of the molecule is O[C@@]1(c2ccccc2)NNC(=S)N1c1ccccc1. The number of benzene rings is 2. The van der Waals surface area contributed by atoms with Gasteiger partial charge in [-0.2, -0.15) is 5.43 Å². The molecular formula is C14H13N3OS. The van der Waals surface area contributed by atoms with Gasteiger partial charge < -0.3 is 5.11 Å². The molecule has 2 aromatic carbocycles. The first-order valence-electron chi connectivity index (χ1n) is 5.92. The zero-order chi connectivity index (χ0) is 13.3. The summed E-state index contributed by atoms with van der Waals surface area (Å²) in [5, 5.41) is 11.3. The van der Waals surface area contributed by atoms with Crippen molar-refractivity contribution in [3.63, 3.8) is 0 Å². The molecule has 0 aliphatic carbocycles. The first-order chi connectivity index (χ1) is 9.22. The second kappa shape index (κ2) is 4.62. The predicted octanol–water partition coefficient (Wildman–Crippen LogP) is 1.69. The topological polar surface area (TPSA) is 47.5 Å². The first-order valence-corrected chi connectivity index (χ1v) is 6.33. The van der Waals surface area contributed by atoms with Crippen LogP contribution in [0.4, 0.5) is 5.69 Å². The van der Waals surface area contributed by atoms with Crippen molar-refractivity contribution in [2.24, 2.45) is 0 Å². The molecule has 0 spiro atoms. The molecule has 0 aromatic heterocycles. The monoisotopic (exact) mass is 271 g/mol. The summed E-state index contributed by atoms with van der Waals surface area (Å²) >= 11 is 5.26. The maximum atomic E-state index is 10.9. The number of hydrazine groups is 1. The molecule has 3 rings (SSSR count). The zero-order valence-corrected chi connectivity index (χ0v) is 10.9. The van der Waals surface area contributed by atoms with Crippen molar-refractivity contribution in [3.05, 3.63) is 66.2 Å². The van der Waals surface area contributed by atoms with Gasteiger partial charge in [0.05, 0.1) is 0 Å².